The molecule has 2 N–H and O–H groups in total. The van der Waals surface area contributed by atoms with Crippen LogP contribution in [0.5, 0.6) is 0 Å². The van der Waals surface area contributed by atoms with Crippen molar-refractivity contribution in [1.29, 1.82) is 0 Å². The molecule has 0 aliphatic carbocycles. The fourth-order valence-corrected chi connectivity index (χ4v) is 2.89. The Kier molecular flexibility index (Phi) is 3.61. The molecule has 0 amide bonds. The highest BCUT2D eigenvalue weighted by atomic mass is 19.1. The Bertz CT molecular complexity index is 1070. The normalized spacial score (nSPS) is 11.0. The zero-order valence-corrected chi connectivity index (χ0v) is 13.6. The van der Waals surface area contributed by atoms with Crippen molar-refractivity contribution in [3.8, 4) is 22.4 Å². The van der Waals surface area contributed by atoms with Gasteiger partial charge in [-0.1, -0.05) is 6.07 Å². The van der Waals surface area contributed by atoms with Gasteiger partial charge in [-0.2, -0.15) is 0 Å². The third-order valence-electron chi connectivity index (χ3n) is 4.20. The summed E-state index contributed by atoms with van der Waals surface area (Å²) in [5.74, 6) is -0.110. The smallest absolute Gasteiger partial charge is 0.220 e. The van der Waals surface area contributed by atoms with Gasteiger partial charge in [0.15, 0.2) is 0 Å². The lowest BCUT2D eigenvalue weighted by Gasteiger charge is -2.11. The second-order valence-electron chi connectivity index (χ2n) is 5.86. The van der Waals surface area contributed by atoms with Crippen molar-refractivity contribution in [2.45, 2.75) is 6.92 Å². The van der Waals surface area contributed by atoms with Crippen molar-refractivity contribution in [3.05, 3.63) is 72.3 Å². The lowest BCUT2D eigenvalue weighted by Crippen LogP contribution is -1.99. The molecule has 2 heterocycles. The van der Waals surface area contributed by atoms with Gasteiger partial charge in [0.2, 0.25) is 5.95 Å². The Morgan fingerprint density at radius 2 is 1.68 bits per heavy atom. The van der Waals surface area contributed by atoms with E-state index in [0.29, 0.717) is 5.69 Å². The van der Waals surface area contributed by atoms with Crippen LogP contribution >= 0.6 is 0 Å². The number of aromatic nitrogens is 3. The van der Waals surface area contributed by atoms with Crippen LogP contribution in [-0.2, 0) is 0 Å². The minimum atomic E-state index is -0.292. The van der Waals surface area contributed by atoms with Gasteiger partial charge in [0, 0.05) is 28.9 Å². The van der Waals surface area contributed by atoms with Gasteiger partial charge in [-0.3, -0.25) is 4.98 Å². The third kappa shape index (κ3) is 2.80. The van der Waals surface area contributed by atoms with Gasteiger partial charge in [0.25, 0.3) is 0 Å². The van der Waals surface area contributed by atoms with Gasteiger partial charge in [0.1, 0.15) is 5.82 Å². The molecule has 0 unspecified atom stereocenters. The van der Waals surface area contributed by atoms with Crippen molar-refractivity contribution in [3.63, 3.8) is 0 Å². The van der Waals surface area contributed by atoms with E-state index in [2.05, 4.69) is 21.0 Å². The van der Waals surface area contributed by atoms with Gasteiger partial charge in [-0.05, 0) is 60.5 Å². The first-order chi connectivity index (χ1) is 12.1. The molecule has 0 spiro atoms. The summed E-state index contributed by atoms with van der Waals surface area (Å²) in [5.41, 5.74) is 11.1. The van der Waals surface area contributed by atoms with E-state index in [1.165, 1.54) is 12.1 Å². The molecule has 0 aliphatic rings. The number of fused-ring (bicyclic) bond motifs is 1. The maximum Gasteiger partial charge on any atom is 0.220 e. The summed E-state index contributed by atoms with van der Waals surface area (Å²) in [5, 5.41) is 1.07. The number of hydrogen-bond donors (Lipinski definition) is 1. The van der Waals surface area contributed by atoms with Gasteiger partial charge < -0.3 is 5.73 Å². The number of halogens is 1. The van der Waals surface area contributed by atoms with Crippen LogP contribution in [0.4, 0.5) is 10.3 Å². The standard InChI is InChI=1S/C20H15FN4/c1-12-8-9-23-18-7-4-14(10-16(12)18)17-11-24-20(22)25-19(17)13-2-5-15(21)6-3-13/h2-11H,1H3,(H2,22,24,25). The van der Waals surface area contributed by atoms with Crippen molar-refractivity contribution in [2.24, 2.45) is 0 Å². The Balaban J connectivity index is 1.94. The molecule has 2 aromatic carbocycles. The highest BCUT2D eigenvalue weighted by Crippen LogP contribution is 2.32. The second-order valence-corrected chi connectivity index (χ2v) is 5.86. The topological polar surface area (TPSA) is 64.7 Å². The van der Waals surface area contributed by atoms with Crippen molar-refractivity contribution >= 4 is 16.9 Å². The predicted molar refractivity (Wildman–Crippen MR) is 97.3 cm³/mol. The Hall–Kier alpha value is -3.34. The molecule has 0 fully saturated rings. The van der Waals surface area contributed by atoms with Crippen molar-refractivity contribution in [2.75, 3.05) is 5.73 Å². The van der Waals surface area contributed by atoms with E-state index < -0.39 is 0 Å². The number of nitrogens with two attached hydrogens (primary N) is 1. The molecule has 0 atom stereocenters. The fourth-order valence-electron chi connectivity index (χ4n) is 2.89. The molecule has 0 radical (unpaired) electrons. The fraction of sp³-hybridized carbons (Fsp3) is 0.0500. The monoisotopic (exact) mass is 330 g/mol. The average molecular weight is 330 g/mol. The van der Waals surface area contributed by atoms with E-state index in [9.17, 15) is 4.39 Å². The maximum atomic E-state index is 13.3. The summed E-state index contributed by atoms with van der Waals surface area (Å²) in [6.07, 6.45) is 3.50. The highest BCUT2D eigenvalue weighted by Gasteiger charge is 2.12. The van der Waals surface area contributed by atoms with Crippen LogP contribution < -0.4 is 5.73 Å². The third-order valence-corrected chi connectivity index (χ3v) is 4.20. The van der Waals surface area contributed by atoms with Gasteiger partial charge in [0.05, 0.1) is 11.2 Å². The average Bonchev–Trinajstić information content (AvgIpc) is 2.62. The number of rotatable bonds is 2. The van der Waals surface area contributed by atoms with Crippen molar-refractivity contribution < 1.29 is 4.39 Å². The van der Waals surface area contributed by atoms with Crippen LogP contribution in [0.15, 0.2) is 60.9 Å². The first kappa shape index (κ1) is 15.2. The zero-order chi connectivity index (χ0) is 17.4. The van der Waals surface area contributed by atoms with Crippen LogP contribution in [0.3, 0.4) is 0 Å². The molecule has 122 valence electrons. The Morgan fingerprint density at radius 3 is 2.48 bits per heavy atom. The van der Waals surface area contributed by atoms with E-state index in [1.807, 2.05) is 25.1 Å². The van der Waals surface area contributed by atoms with Crippen LogP contribution in [0.25, 0.3) is 33.3 Å². The molecule has 0 bridgehead atoms. The van der Waals surface area contributed by atoms with E-state index >= 15 is 0 Å². The first-order valence-corrected chi connectivity index (χ1v) is 7.86. The number of nitrogen functional groups attached to an aromatic ring is 1. The molecule has 4 aromatic rings. The van der Waals surface area contributed by atoms with Crippen LogP contribution in [-0.4, -0.2) is 15.0 Å². The first-order valence-electron chi connectivity index (χ1n) is 7.86. The van der Waals surface area contributed by atoms with Gasteiger partial charge in [-0.25, -0.2) is 14.4 Å². The number of pyridine rings is 1. The molecule has 0 aliphatic heterocycles. The van der Waals surface area contributed by atoms with E-state index in [4.69, 9.17) is 5.73 Å². The summed E-state index contributed by atoms with van der Waals surface area (Å²) in [4.78, 5) is 12.9. The number of hydrogen-bond acceptors (Lipinski definition) is 4. The minimum absolute atomic E-state index is 0.182. The molecule has 0 saturated carbocycles. The summed E-state index contributed by atoms with van der Waals surface area (Å²) in [6, 6.07) is 14.2. The lowest BCUT2D eigenvalue weighted by atomic mass is 9.98. The molecular formula is C20H15FN4. The molecule has 4 nitrogen and oxygen atoms in total. The van der Waals surface area contributed by atoms with Crippen molar-refractivity contribution in [1.82, 2.24) is 15.0 Å². The number of anilines is 1. The zero-order valence-electron chi connectivity index (χ0n) is 13.6. The van der Waals surface area contributed by atoms with Gasteiger partial charge in [-0.15, -0.1) is 0 Å². The van der Waals surface area contributed by atoms with Crippen LogP contribution in [0, 0.1) is 12.7 Å². The molecule has 0 saturated heterocycles. The minimum Gasteiger partial charge on any atom is -0.368 e. The highest BCUT2D eigenvalue weighted by molar-refractivity contribution is 5.90. The number of nitrogens with zero attached hydrogens (tertiary/aromatic N) is 3. The van der Waals surface area contributed by atoms with E-state index in [1.54, 1.807) is 24.5 Å². The lowest BCUT2D eigenvalue weighted by molar-refractivity contribution is 0.628. The Morgan fingerprint density at radius 1 is 0.920 bits per heavy atom. The SMILES string of the molecule is Cc1ccnc2ccc(-c3cnc(N)nc3-c3ccc(F)cc3)cc12. The molecule has 2 aromatic heterocycles. The van der Waals surface area contributed by atoms with E-state index in [-0.39, 0.29) is 11.8 Å². The number of benzene rings is 2. The summed E-state index contributed by atoms with van der Waals surface area (Å²) >= 11 is 0. The molecule has 5 heteroatoms. The predicted octanol–water partition coefficient (Wildman–Crippen LogP) is 4.39. The quantitative estimate of drug-likeness (QED) is 0.592. The molecule has 4 rings (SSSR count). The second kappa shape index (κ2) is 5.94. The summed E-state index contributed by atoms with van der Waals surface area (Å²) < 4.78 is 13.3. The van der Waals surface area contributed by atoms with Crippen LogP contribution in [0.2, 0.25) is 0 Å². The number of aryl methyl sites for hydroxylation is 1. The van der Waals surface area contributed by atoms with E-state index in [0.717, 1.165) is 33.2 Å². The molecular weight excluding hydrogens is 315 g/mol. The maximum absolute atomic E-state index is 13.3. The van der Waals surface area contributed by atoms with Crippen LogP contribution in [0.1, 0.15) is 5.56 Å². The van der Waals surface area contributed by atoms with Gasteiger partial charge >= 0.3 is 0 Å². The molecule has 25 heavy (non-hydrogen) atoms. The summed E-state index contributed by atoms with van der Waals surface area (Å²) in [6.45, 7) is 2.05. The Labute approximate surface area is 144 Å². The summed E-state index contributed by atoms with van der Waals surface area (Å²) in [7, 11) is 0. The largest absolute Gasteiger partial charge is 0.368 e.